The minimum Gasteiger partial charge on any atom is -0.399 e. The fourth-order valence-corrected chi connectivity index (χ4v) is 2.50. The molecule has 0 atom stereocenters. The number of nitrogen functional groups attached to an aromatic ring is 1. The van der Waals surface area contributed by atoms with Crippen molar-refractivity contribution in [1.29, 1.82) is 0 Å². The second kappa shape index (κ2) is 4.70. The zero-order valence-corrected chi connectivity index (χ0v) is 10.8. The third-order valence-electron chi connectivity index (χ3n) is 2.68. The van der Waals surface area contributed by atoms with Gasteiger partial charge in [-0.25, -0.2) is 4.98 Å². The number of thiophene rings is 1. The Balaban J connectivity index is 2.15. The van der Waals surface area contributed by atoms with Crippen molar-refractivity contribution in [3.8, 4) is 22.0 Å². The molecule has 94 valence electrons. The maximum atomic E-state index is 11.7. The van der Waals surface area contributed by atoms with E-state index in [1.54, 1.807) is 12.1 Å². The van der Waals surface area contributed by atoms with Crippen molar-refractivity contribution in [3.63, 3.8) is 0 Å². The van der Waals surface area contributed by atoms with Crippen LogP contribution in [0.15, 0.2) is 52.6 Å². The molecule has 5 heteroatoms. The number of aromatic amines is 1. The van der Waals surface area contributed by atoms with E-state index in [1.807, 2.05) is 29.6 Å². The van der Waals surface area contributed by atoms with Crippen LogP contribution in [0.5, 0.6) is 0 Å². The molecule has 0 aliphatic heterocycles. The van der Waals surface area contributed by atoms with Gasteiger partial charge in [0.2, 0.25) is 0 Å². The minimum absolute atomic E-state index is 0.171. The molecule has 3 aromatic rings. The summed E-state index contributed by atoms with van der Waals surface area (Å²) in [5.41, 5.74) is 7.70. The van der Waals surface area contributed by atoms with Crippen LogP contribution in [0.1, 0.15) is 0 Å². The first-order valence-corrected chi connectivity index (χ1v) is 6.61. The van der Waals surface area contributed by atoms with Gasteiger partial charge in [-0.2, -0.15) is 0 Å². The fraction of sp³-hybridized carbons (Fsp3) is 0. The van der Waals surface area contributed by atoms with Gasteiger partial charge in [-0.1, -0.05) is 18.2 Å². The summed E-state index contributed by atoms with van der Waals surface area (Å²) in [6.45, 7) is 0. The highest BCUT2D eigenvalue weighted by Gasteiger charge is 2.06. The van der Waals surface area contributed by atoms with E-state index in [4.69, 9.17) is 5.73 Å². The summed E-state index contributed by atoms with van der Waals surface area (Å²) in [4.78, 5) is 19.9. The normalized spacial score (nSPS) is 10.5. The van der Waals surface area contributed by atoms with Crippen molar-refractivity contribution in [2.75, 3.05) is 5.73 Å². The summed E-state index contributed by atoms with van der Waals surface area (Å²) >= 11 is 1.53. The Kier molecular flexibility index (Phi) is 2.89. The highest BCUT2D eigenvalue weighted by atomic mass is 32.1. The average molecular weight is 269 g/mol. The molecule has 4 nitrogen and oxygen atoms in total. The van der Waals surface area contributed by atoms with Gasteiger partial charge in [0.1, 0.15) is 0 Å². The number of aromatic nitrogens is 2. The molecule has 0 aliphatic carbocycles. The summed E-state index contributed by atoms with van der Waals surface area (Å²) in [6, 6.07) is 12.7. The summed E-state index contributed by atoms with van der Waals surface area (Å²) in [5.74, 6) is 0.583. The number of nitrogens with zero attached hydrogens (tertiary/aromatic N) is 1. The van der Waals surface area contributed by atoms with Crippen molar-refractivity contribution >= 4 is 17.0 Å². The SMILES string of the molecule is Nc1cccc(-c2cc(=O)[nH]c(-c3cccs3)n2)c1. The van der Waals surface area contributed by atoms with E-state index in [0.29, 0.717) is 17.2 Å². The highest BCUT2D eigenvalue weighted by Crippen LogP contribution is 2.23. The Hall–Kier alpha value is -2.40. The largest absolute Gasteiger partial charge is 0.399 e. The predicted molar refractivity (Wildman–Crippen MR) is 78.0 cm³/mol. The molecule has 0 bridgehead atoms. The molecule has 3 N–H and O–H groups in total. The summed E-state index contributed by atoms with van der Waals surface area (Å²) in [7, 11) is 0. The minimum atomic E-state index is -0.171. The fourth-order valence-electron chi connectivity index (χ4n) is 1.83. The van der Waals surface area contributed by atoms with Gasteiger partial charge in [0, 0.05) is 17.3 Å². The molecule has 0 fully saturated rings. The van der Waals surface area contributed by atoms with Crippen LogP contribution in [0.25, 0.3) is 22.0 Å². The van der Waals surface area contributed by atoms with E-state index in [1.165, 1.54) is 17.4 Å². The first-order valence-electron chi connectivity index (χ1n) is 5.73. The van der Waals surface area contributed by atoms with Gasteiger partial charge >= 0.3 is 0 Å². The van der Waals surface area contributed by atoms with Crippen LogP contribution in [0.3, 0.4) is 0 Å². The van der Waals surface area contributed by atoms with Gasteiger partial charge in [0.25, 0.3) is 5.56 Å². The van der Waals surface area contributed by atoms with E-state index in [0.717, 1.165) is 10.4 Å². The zero-order valence-electron chi connectivity index (χ0n) is 9.96. The number of nitrogens with two attached hydrogens (primary N) is 1. The number of H-pyrrole nitrogens is 1. The van der Waals surface area contributed by atoms with Crippen molar-refractivity contribution in [3.05, 3.63) is 58.2 Å². The lowest BCUT2D eigenvalue weighted by atomic mass is 10.1. The number of nitrogens with one attached hydrogen (secondary N) is 1. The highest BCUT2D eigenvalue weighted by molar-refractivity contribution is 7.13. The molecule has 0 saturated carbocycles. The number of rotatable bonds is 2. The van der Waals surface area contributed by atoms with Gasteiger partial charge < -0.3 is 10.7 Å². The van der Waals surface area contributed by atoms with Crippen LogP contribution in [0.4, 0.5) is 5.69 Å². The predicted octanol–water partition coefficient (Wildman–Crippen LogP) is 2.75. The van der Waals surface area contributed by atoms with Gasteiger partial charge in [-0.05, 0) is 23.6 Å². The third kappa shape index (κ3) is 2.41. The van der Waals surface area contributed by atoms with Crippen LogP contribution in [0, 0.1) is 0 Å². The molecule has 0 amide bonds. The van der Waals surface area contributed by atoms with Gasteiger partial charge in [-0.15, -0.1) is 11.3 Å². The van der Waals surface area contributed by atoms with Crippen LogP contribution in [-0.4, -0.2) is 9.97 Å². The second-order valence-corrected chi connectivity index (χ2v) is 5.03. The van der Waals surface area contributed by atoms with E-state index in [2.05, 4.69) is 9.97 Å². The molecule has 3 rings (SSSR count). The number of anilines is 1. The molecule has 19 heavy (non-hydrogen) atoms. The summed E-state index contributed by atoms with van der Waals surface area (Å²) in [6.07, 6.45) is 0. The smallest absolute Gasteiger partial charge is 0.251 e. The Morgan fingerprint density at radius 3 is 2.79 bits per heavy atom. The van der Waals surface area contributed by atoms with Crippen LogP contribution >= 0.6 is 11.3 Å². The van der Waals surface area contributed by atoms with Crippen LogP contribution in [-0.2, 0) is 0 Å². The van der Waals surface area contributed by atoms with E-state index >= 15 is 0 Å². The maximum Gasteiger partial charge on any atom is 0.251 e. The van der Waals surface area contributed by atoms with Crippen LogP contribution in [0.2, 0.25) is 0 Å². The Labute approximate surface area is 113 Å². The maximum absolute atomic E-state index is 11.7. The Bertz CT molecular complexity index is 762. The first-order chi connectivity index (χ1) is 9.22. The third-order valence-corrected chi connectivity index (χ3v) is 3.56. The van der Waals surface area contributed by atoms with Gasteiger partial charge in [0.15, 0.2) is 5.82 Å². The molecule has 0 aliphatic rings. The Morgan fingerprint density at radius 2 is 2.05 bits per heavy atom. The van der Waals surface area contributed by atoms with Gasteiger partial charge in [-0.3, -0.25) is 4.79 Å². The van der Waals surface area contributed by atoms with E-state index < -0.39 is 0 Å². The number of hydrogen-bond acceptors (Lipinski definition) is 4. The molecule has 0 radical (unpaired) electrons. The van der Waals surface area contributed by atoms with Crippen molar-refractivity contribution in [2.45, 2.75) is 0 Å². The molecular formula is C14H11N3OS. The lowest BCUT2D eigenvalue weighted by Gasteiger charge is -2.04. The molecule has 2 aromatic heterocycles. The average Bonchev–Trinajstić information content (AvgIpc) is 2.92. The molecule has 0 unspecified atom stereocenters. The van der Waals surface area contributed by atoms with Crippen molar-refractivity contribution in [2.24, 2.45) is 0 Å². The lowest BCUT2D eigenvalue weighted by molar-refractivity contribution is 1.14. The van der Waals surface area contributed by atoms with E-state index in [9.17, 15) is 4.79 Å². The van der Waals surface area contributed by atoms with Gasteiger partial charge in [0.05, 0.1) is 10.6 Å². The number of hydrogen-bond donors (Lipinski definition) is 2. The first kappa shape index (κ1) is 11.7. The van der Waals surface area contributed by atoms with Crippen molar-refractivity contribution in [1.82, 2.24) is 9.97 Å². The second-order valence-electron chi connectivity index (χ2n) is 4.08. The molecule has 1 aromatic carbocycles. The van der Waals surface area contributed by atoms with Crippen LogP contribution < -0.4 is 11.3 Å². The standard InChI is InChI=1S/C14H11N3OS/c15-10-4-1-3-9(7-10)11-8-13(18)17-14(16-11)12-5-2-6-19-12/h1-8H,15H2,(H,16,17,18). The molecule has 0 spiro atoms. The topological polar surface area (TPSA) is 71.8 Å². The molecule has 2 heterocycles. The lowest BCUT2D eigenvalue weighted by Crippen LogP contribution is -2.08. The Morgan fingerprint density at radius 1 is 1.16 bits per heavy atom. The zero-order chi connectivity index (χ0) is 13.2. The quantitative estimate of drug-likeness (QED) is 0.703. The van der Waals surface area contributed by atoms with Crippen molar-refractivity contribution < 1.29 is 0 Å². The summed E-state index contributed by atoms with van der Waals surface area (Å²) < 4.78 is 0. The molecular weight excluding hydrogens is 258 g/mol. The van der Waals surface area contributed by atoms with E-state index in [-0.39, 0.29) is 5.56 Å². The monoisotopic (exact) mass is 269 g/mol. The number of benzene rings is 1. The molecule has 0 saturated heterocycles. The summed E-state index contributed by atoms with van der Waals surface area (Å²) in [5, 5.41) is 1.95.